The number of anilines is 1. The maximum absolute atomic E-state index is 11.5. The Hall–Kier alpha value is -1.94. The van der Waals surface area contributed by atoms with Crippen LogP contribution in [0.3, 0.4) is 0 Å². The molecule has 0 saturated heterocycles. The van der Waals surface area contributed by atoms with E-state index in [-0.39, 0.29) is 5.97 Å². The Labute approximate surface area is 116 Å². The van der Waals surface area contributed by atoms with Crippen LogP contribution >= 0.6 is 11.8 Å². The van der Waals surface area contributed by atoms with Crippen LogP contribution < -0.4 is 5.73 Å². The number of rotatable bonds is 4. The minimum atomic E-state index is -0.289. The zero-order valence-electron chi connectivity index (χ0n) is 10.6. The van der Waals surface area contributed by atoms with Crippen molar-refractivity contribution in [1.29, 1.82) is 0 Å². The molecule has 0 aliphatic rings. The summed E-state index contributed by atoms with van der Waals surface area (Å²) >= 11 is 1.60. The summed E-state index contributed by atoms with van der Waals surface area (Å²) < 4.78 is 4.94. The second-order valence-electron chi connectivity index (χ2n) is 3.92. The van der Waals surface area contributed by atoms with Crippen molar-refractivity contribution in [2.75, 3.05) is 12.3 Å². The highest BCUT2D eigenvalue weighted by molar-refractivity contribution is 7.99. The molecule has 2 aromatic carbocycles. The van der Waals surface area contributed by atoms with Gasteiger partial charge in [-0.15, -0.1) is 0 Å². The van der Waals surface area contributed by atoms with Crippen LogP contribution in [0.25, 0.3) is 0 Å². The van der Waals surface area contributed by atoms with Gasteiger partial charge in [-0.05, 0) is 49.4 Å². The van der Waals surface area contributed by atoms with E-state index in [1.54, 1.807) is 30.8 Å². The molecular weight excluding hydrogens is 258 g/mol. The molecule has 3 nitrogen and oxygen atoms in total. The first-order valence-corrected chi connectivity index (χ1v) is 6.81. The second-order valence-corrected chi connectivity index (χ2v) is 5.07. The summed E-state index contributed by atoms with van der Waals surface area (Å²) in [4.78, 5) is 13.6. The zero-order valence-corrected chi connectivity index (χ0v) is 11.4. The third-order valence-electron chi connectivity index (χ3n) is 2.46. The average Bonchev–Trinajstić information content (AvgIpc) is 2.40. The minimum absolute atomic E-state index is 0.289. The van der Waals surface area contributed by atoms with Crippen molar-refractivity contribution in [2.24, 2.45) is 0 Å². The highest BCUT2D eigenvalue weighted by Crippen LogP contribution is 2.28. The third-order valence-corrected chi connectivity index (χ3v) is 3.46. The van der Waals surface area contributed by atoms with Gasteiger partial charge in [0.25, 0.3) is 0 Å². The van der Waals surface area contributed by atoms with E-state index in [9.17, 15) is 4.79 Å². The van der Waals surface area contributed by atoms with Gasteiger partial charge in [-0.3, -0.25) is 0 Å². The van der Waals surface area contributed by atoms with Crippen LogP contribution in [0.1, 0.15) is 17.3 Å². The van der Waals surface area contributed by atoms with E-state index < -0.39 is 0 Å². The summed E-state index contributed by atoms with van der Waals surface area (Å²) in [5.41, 5.74) is 7.05. The Morgan fingerprint density at radius 3 is 2.53 bits per heavy atom. The van der Waals surface area contributed by atoms with Gasteiger partial charge in [-0.1, -0.05) is 17.8 Å². The molecular formula is C15H15NO2S. The van der Waals surface area contributed by atoms with E-state index in [4.69, 9.17) is 10.5 Å². The second kappa shape index (κ2) is 6.29. The lowest BCUT2D eigenvalue weighted by atomic mass is 10.2. The predicted octanol–water partition coefficient (Wildman–Crippen LogP) is 3.60. The lowest BCUT2D eigenvalue weighted by Gasteiger charge is -2.04. The van der Waals surface area contributed by atoms with Crippen LogP contribution in [-0.4, -0.2) is 12.6 Å². The van der Waals surface area contributed by atoms with Gasteiger partial charge in [0.1, 0.15) is 0 Å². The fourth-order valence-corrected chi connectivity index (χ4v) is 2.47. The maximum Gasteiger partial charge on any atom is 0.338 e. The Balaban J connectivity index is 2.08. The summed E-state index contributed by atoms with van der Waals surface area (Å²) in [7, 11) is 0. The number of nitrogens with two attached hydrogens (primary N) is 1. The highest BCUT2D eigenvalue weighted by atomic mass is 32.2. The monoisotopic (exact) mass is 273 g/mol. The van der Waals surface area contributed by atoms with Crippen molar-refractivity contribution in [3.05, 3.63) is 54.1 Å². The molecule has 0 aliphatic heterocycles. The molecule has 4 heteroatoms. The molecule has 2 N–H and O–H groups in total. The van der Waals surface area contributed by atoms with Gasteiger partial charge in [0.15, 0.2) is 0 Å². The summed E-state index contributed by atoms with van der Waals surface area (Å²) in [6.07, 6.45) is 0. The van der Waals surface area contributed by atoms with Gasteiger partial charge in [0, 0.05) is 15.5 Å². The molecule has 2 rings (SSSR count). The van der Waals surface area contributed by atoms with Crippen LogP contribution in [0.15, 0.2) is 58.3 Å². The molecule has 0 amide bonds. The van der Waals surface area contributed by atoms with Crippen molar-refractivity contribution in [2.45, 2.75) is 16.7 Å². The van der Waals surface area contributed by atoms with Crippen LogP contribution in [0, 0.1) is 0 Å². The number of hydrogen-bond acceptors (Lipinski definition) is 4. The van der Waals surface area contributed by atoms with Crippen LogP contribution in [-0.2, 0) is 4.74 Å². The van der Waals surface area contributed by atoms with Crippen molar-refractivity contribution in [3.8, 4) is 0 Å². The van der Waals surface area contributed by atoms with Crippen LogP contribution in [0.5, 0.6) is 0 Å². The molecule has 0 radical (unpaired) electrons. The molecule has 0 saturated carbocycles. The van der Waals surface area contributed by atoms with E-state index in [1.165, 1.54) is 0 Å². The van der Waals surface area contributed by atoms with Gasteiger partial charge >= 0.3 is 5.97 Å². The standard InChI is InChI=1S/C15H15NO2S/c1-2-18-15(17)11-6-8-13(9-7-11)19-14-5-3-4-12(16)10-14/h3-10H,2,16H2,1H3. The molecule has 19 heavy (non-hydrogen) atoms. The van der Waals surface area contributed by atoms with Gasteiger partial charge in [-0.25, -0.2) is 4.79 Å². The number of nitrogen functional groups attached to an aromatic ring is 1. The highest BCUT2D eigenvalue weighted by Gasteiger charge is 2.06. The first kappa shape index (κ1) is 13.5. The first-order chi connectivity index (χ1) is 9.19. The lowest BCUT2D eigenvalue weighted by Crippen LogP contribution is -2.03. The van der Waals surface area contributed by atoms with Crippen LogP contribution in [0.2, 0.25) is 0 Å². The molecule has 0 aromatic heterocycles. The number of carbonyl (C=O) groups is 1. The largest absolute Gasteiger partial charge is 0.462 e. The van der Waals surface area contributed by atoms with Gasteiger partial charge in [-0.2, -0.15) is 0 Å². The Bertz CT molecular complexity index is 567. The van der Waals surface area contributed by atoms with Crippen molar-refractivity contribution in [1.82, 2.24) is 0 Å². The van der Waals surface area contributed by atoms with Crippen LogP contribution in [0.4, 0.5) is 5.69 Å². The smallest absolute Gasteiger partial charge is 0.338 e. The van der Waals surface area contributed by atoms with E-state index in [0.717, 1.165) is 15.5 Å². The zero-order chi connectivity index (χ0) is 13.7. The fourth-order valence-electron chi connectivity index (χ4n) is 1.59. The third kappa shape index (κ3) is 3.76. The molecule has 0 bridgehead atoms. The van der Waals surface area contributed by atoms with E-state index in [1.807, 2.05) is 36.4 Å². The molecule has 0 unspecified atom stereocenters. The summed E-state index contributed by atoms with van der Waals surface area (Å²) in [6.45, 7) is 2.18. The molecule has 0 fully saturated rings. The minimum Gasteiger partial charge on any atom is -0.462 e. The summed E-state index contributed by atoms with van der Waals surface area (Å²) in [5.74, 6) is -0.289. The molecule has 0 atom stereocenters. The van der Waals surface area contributed by atoms with Crippen molar-refractivity contribution < 1.29 is 9.53 Å². The van der Waals surface area contributed by atoms with Gasteiger partial charge < -0.3 is 10.5 Å². The number of esters is 1. The Morgan fingerprint density at radius 2 is 1.89 bits per heavy atom. The molecule has 98 valence electrons. The Kier molecular flexibility index (Phi) is 4.47. The maximum atomic E-state index is 11.5. The predicted molar refractivity (Wildman–Crippen MR) is 77.4 cm³/mol. The van der Waals surface area contributed by atoms with Gasteiger partial charge in [0.2, 0.25) is 0 Å². The lowest BCUT2D eigenvalue weighted by molar-refractivity contribution is 0.0526. The first-order valence-electron chi connectivity index (χ1n) is 5.99. The molecule has 0 spiro atoms. The van der Waals surface area contributed by atoms with E-state index in [0.29, 0.717) is 12.2 Å². The number of ether oxygens (including phenoxy) is 1. The van der Waals surface area contributed by atoms with Crippen molar-refractivity contribution in [3.63, 3.8) is 0 Å². The number of carbonyl (C=O) groups excluding carboxylic acids is 1. The molecule has 2 aromatic rings. The average molecular weight is 273 g/mol. The molecule has 0 heterocycles. The quantitative estimate of drug-likeness (QED) is 0.683. The topological polar surface area (TPSA) is 52.3 Å². The Morgan fingerprint density at radius 1 is 1.16 bits per heavy atom. The number of hydrogen-bond donors (Lipinski definition) is 1. The normalized spacial score (nSPS) is 10.2. The van der Waals surface area contributed by atoms with E-state index >= 15 is 0 Å². The SMILES string of the molecule is CCOC(=O)c1ccc(Sc2cccc(N)c2)cc1. The molecule has 0 aliphatic carbocycles. The fraction of sp³-hybridized carbons (Fsp3) is 0.133. The summed E-state index contributed by atoms with van der Waals surface area (Å²) in [5, 5.41) is 0. The van der Waals surface area contributed by atoms with E-state index in [2.05, 4.69) is 0 Å². The van der Waals surface area contributed by atoms with Crippen molar-refractivity contribution >= 4 is 23.4 Å². The summed E-state index contributed by atoms with van der Waals surface area (Å²) in [6, 6.07) is 15.0. The van der Waals surface area contributed by atoms with Gasteiger partial charge in [0.05, 0.1) is 12.2 Å². The number of benzene rings is 2.